The molecule has 2 aromatic heterocycles. The van der Waals surface area contributed by atoms with Crippen LogP contribution in [0.15, 0.2) is 48.5 Å². The lowest BCUT2D eigenvalue weighted by Gasteiger charge is -2.37. The number of aryl methyl sites for hydroxylation is 2. The first-order valence-electron chi connectivity index (χ1n) is 11.0. The van der Waals surface area contributed by atoms with Gasteiger partial charge in [0.05, 0.1) is 18.1 Å². The van der Waals surface area contributed by atoms with Gasteiger partial charge in [-0.2, -0.15) is 0 Å². The third-order valence-electron chi connectivity index (χ3n) is 6.53. The van der Waals surface area contributed by atoms with Crippen LogP contribution >= 0.6 is 8.58 Å². The van der Waals surface area contributed by atoms with Crippen molar-refractivity contribution in [3.8, 4) is 0 Å². The number of fused-ring (bicyclic) bond motifs is 2. The average molecular weight is 436 g/mol. The van der Waals surface area contributed by atoms with Crippen LogP contribution < -0.4 is 0 Å². The van der Waals surface area contributed by atoms with E-state index in [1.54, 1.807) is 0 Å². The largest absolute Gasteiger partial charge is 0.395 e. The summed E-state index contributed by atoms with van der Waals surface area (Å²) in [5, 5.41) is 10.3. The summed E-state index contributed by atoms with van der Waals surface area (Å²) in [6.07, 6.45) is 14.7. The maximum Gasteiger partial charge on any atom is 0.252 e. The molecule has 162 valence electrons. The molecular weight excluding hydrogens is 407 g/mol. The van der Waals surface area contributed by atoms with Crippen LogP contribution in [0.1, 0.15) is 29.7 Å². The Morgan fingerprint density at radius 1 is 1.23 bits per heavy atom. The fourth-order valence-corrected chi connectivity index (χ4v) is 6.24. The summed E-state index contributed by atoms with van der Waals surface area (Å²) in [6, 6.07) is 2.15. The molecule has 2 atom stereocenters. The number of allylic oxidation sites excluding steroid dienone is 2. The lowest BCUT2D eigenvalue weighted by Crippen LogP contribution is -2.38. The summed E-state index contributed by atoms with van der Waals surface area (Å²) in [5.41, 5.74) is 5.47. The summed E-state index contributed by atoms with van der Waals surface area (Å²) in [6.45, 7) is 7.08. The molecule has 1 N–H and O–H groups in total. The molecule has 5 heterocycles. The highest BCUT2D eigenvalue weighted by molar-refractivity contribution is 7.51. The Hall–Kier alpha value is -2.27. The van der Waals surface area contributed by atoms with E-state index in [-0.39, 0.29) is 18.3 Å². The molecule has 31 heavy (non-hydrogen) atoms. The Kier molecular flexibility index (Phi) is 5.55. The topological polar surface area (TPSA) is 61.1 Å². The summed E-state index contributed by atoms with van der Waals surface area (Å²) in [7, 11) is 0.520. The number of rotatable bonds is 4. The van der Waals surface area contributed by atoms with E-state index in [1.807, 2.05) is 24.1 Å². The first-order chi connectivity index (χ1) is 15.0. The van der Waals surface area contributed by atoms with Gasteiger partial charge in [-0.1, -0.05) is 20.7 Å². The normalized spacial score (nSPS) is 23.4. The zero-order valence-electron chi connectivity index (χ0n) is 18.1. The second kappa shape index (κ2) is 8.34. The molecule has 0 aromatic carbocycles. The van der Waals surface area contributed by atoms with Gasteiger partial charge in [-0.05, 0) is 73.8 Å². The minimum atomic E-state index is 0.0675. The maximum atomic E-state index is 13.1. The van der Waals surface area contributed by atoms with Gasteiger partial charge in [0.25, 0.3) is 5.91 Å². The van der Waals surface area contributed by atoms with E-state index in [0.29, 0.717) is 14.5 Å². The maximum absolute atomic E-state index is 13.1. The monoisotopic (exact) mass is 436 g/mol. The molecular formula is C24H29N4O2P. The van der Waals surface area contributed by atoms with Crippen molar-refractivity contribution in [2.75, 3.05) is 26.2 Å². The van der Waals surface area contributed by atoms with Crippen molar-refractivity contribution in [3.63, 3.8) is 0 Å². The van der Waals surface area contributed by atoms with Gasteiger partial charge >= 0.3 is 0 Å². The van der Waals surface area contributed by atoms with E-state index in [1.165, 1.54) is 5.57 Å². The Labute approximate surface area is 184 Å². The number of β-amino-alcohol motifs (C(OH)–C–C–N with tert-alkyl or cyclic N) is 1. The predicted octanol–water partition coefficient (Wildman–Crippen LogP) is 3.30. The van der Waals surface area contributed by atoms with Crippen LogP contribution in [0.5, 0.6) is 0 Å². The zero-order chi connectivity index (χ0) is 21.5. The van der Waals surface area contributed by atoms with Crippen molar-refractivity contribution in [1.82, 2.24) is 19.2 Å². The smallest absolute Gasteiger partial charge is 0.252 e. The van der Waals surface area contributed by atoms with Crippen LogP contribution in [0.25, 0.3) is 11.0 Å². The average Bonchev–Trinajstić information content (AvgIpc) is 3.15. The Morgan fingerprint density at radius 2 is 2.03 bits per heavy atom. The van der Waals surface area contributed by atoms with Crippen LogP contribution in [-0.4, -0.2) is 62.2 Å². The standard InChI is InChI=1S/C24H29N4O2P/c1-16-11-20(14-27-13-17(2)25-24(16)27)21-12-22(30)28-15-19(3-4-23(28)31-21)18-5-7-26(8-6-18)9-10-29/h3-4,11-15,18,23,29,31H,5-10H2,1-2H3. The molecule has 1 fully saturated rings. The van der Waals surface area contributed by atoms with Crippen molar-refractivity contribution in [2.45, 2.75) is 32.5 Å². The summed E-state index contributed by atoms with van der Waals surface area (Å²) in [5.74, 6) is 0.660. The van der Waals surface area contributed by atoms with Crippen molar-refractivity contribution in [1.29, 1.82) is 0 Å². The summed E-state index contributed by atoms with van der Waals surface area (Å²) >= 11 is 0. The molecule has 0 aliphatic carbocycles. The second-order valence-electron chi connectivity index (χ2n) is 8.75. The number of aliphatic hydroxyl groups is 1. The molecule has 6 nitrogen and oxygen atoms in total. The SMILES string of the molecule is Cc1cn2cc(C3=CC(=O)N4C=C(C5CCN(CCO)CC5)C=CC4P3)cc(C)c2n1. The number of piperidine rings is 1. The lowest BCUT2D eigenvalue weighted by molar-refractivity contribution is -0.123. The van der Waals surface area contributed by atoms with E-state index in [0.717, 1.165) is 60.3 Å². The minimum Gasteiger partial charge on any atom is -0.395 e. The number of aromatic nitrogens is 2. The third-order valence-corrected chi connectivity index (χ3v) is 8.04. The van der Waals surface area contributed by atoms with E-state index in [4.69, 9.17) is 5.11 Å². The molecule has 0 saturated carbocycles. The van der Waals surface area contributed by atoms with Crippen LogP contribution in [-0.2, 0) is 4.79 Å². The first-order valence-corrected chi connectivity index (χ1v) is 12.1. The van der Waals surface area contributed by atoms with E-state index in [2.05, 4.69) is 51.8 Å². The highest BCUT2D eigenvalue weighted by Gasteiger charge is 2.31. The molecule has 3 aliphatic rings. The molecule has 1 saturated heterocycles. The van der Waals surface area contributed by atoms with Gasteiger partial charge in [0.15, 0.2) is 0 Å². The van der Waals surface area contributed by atoms with Gasteiger partial charge < -0.3 is 19.3 Å². The van der Waals surface area contributed by atoms with E-state index in [9.17, 15) is 4.79 Å². The molecule has 3 aliphatic heterocycles. The zero-order valence-corrected chi connectivity index (χ0v) is 19.1. The number of carbonyl (C=O) groups excluding carboxylic acids is 1. The quantitative estimate of drug-likeness (QED) is 0.748. The Morgan fingerprint density at radius 3 is 2.81 bits per heavy atom. The number of aliphatic hydroxyl groups excluding tert-OH is 1. The Balaban J connectivity index is 1.36. The molecule has 2 aromatic rings. The summed E-state index contributed by atoms with van der Waals surface area (Å²) in [4.78, 5) is 21.9. The number of amides is 1. The van der Waals surface area contributed by atoms with Crippen molar-refractivity contribution in [2.24, 2.45) is 5.92 Å². The molecule has 2 unspecified atom stereocenters. The predicted molar refractivity (Wildman–Crippen MR) is 125 cm³/mol. The van der Waals surface area contributed by atoms with Crippen molar-refractivity contribution < 1.29 is 9.90 Å². The molecule has 5 rings (SSSR count). The van der Waals surface area contributed by atoms with Crippen LogP contribution in [0.2, 0.25) is 0 Å². The van der Waals surface area contributed by atoms with Gasteiger partial charge in [0, 0.05) is 31.2 Å². The summed E-state index contributed by atoms with van der Waals surface area (Å²) < 4.78 is 2.07. The number of carbonyl (C=O) groups is 1. The fourth-order valence-electron chi connectivity index (χ4n) is 4.87. The molecule has 0 spiro atoms. The number of hydrogen-bond acceptors (Lipinski definition) is 4. The van der Waals surface area contributed by atoms with Gasteiger partial charge in [-0.3, -0.25) is 4.79 Å². The minimum absolute atomic E-state index is 0.0675. The van der Waals surface area contributed by atoms with Crippen molar-refractivity contribution >= 4 is 25.4 Å². The molecule has 0 radical (unpaired) electrons. The highest BCUT2D eigenvalue weighted by atomic mass is 31.1. The third kappa shape index (κ3) is 4.00. The van der Waals surface area contributed by atoms with Crippen LogP contribution in [0.4, 0.5) is 0 Å². The second-order valence-corrected chi connectivity index (χ2v) is 10.2. The number of hydrogen-bond donors (Lipinski definition) is 1. The lowest BCUT2D eigenvalue weighted by atomic mass is 9.88. The van der Waals surface area contributed by atoms with Gasteiger partial charge in [-0.15, -0.1) is 0 Å². The number of pyridine rings is 1. The fraction of sp³-hybridized carbons (Fsp3) is 0.417. The highest BCUT2D eigenvalue weighted by Crippen LogP contribution is 2.45. The van der Waals surface area contributed by atoms with Crippen LogP contribution in [0, 0.1) is 19.8 Å². The molecule has 7 heteroatoms. The van der Waals surface area contributed by atoms with Gasteiger partial charge in [0.2, 0.25) is 0 Å². The number of imidazole rings is 1. The number of likely N-dealkylation sites (tertiary alicyclic amines) is 1. The van der Waals surface area contributed by atoms with Crippen LogP contribution in [0.3, 0.4) is 0 Å². The van der Waals surface area contributed by atoms with Crippen molar-refractivity contribution in [3.05, 3.63) is 65.3 Å². The van der Waals surface area contributed by atoms with E-state index >= 15 is 0 Å². The number of nitrogens with zero attached hydrogens (tertiary/aromatic N) is 4. The van der Waals surface area contributed by atoms with Gasteiger partial charge in [0.1, 0.15) is 5.65 Å². The van der Waals surface area contributed by atoms with Gasteiger partial charge in [-0.25, -0.2) is 4.98 Å². The Bertz CT molecular complexity index is 1110. The van der Waals surface area contributed by atoms with E-state index < -0.39 is 0 Å². The first kappa shape index (κ1) is 20.6. The molecule has 0 bridgehead atoms. The molecule has 1 amide bonds.